The first-order valence-electron chi connectivity index (χ1n) is 14.3. The van der Waals surface area contributed by atoms with E-state index in [9.17, 15) is 19.2 Å². The van der Waals surface area contributed by atoms with Crippen LogP contribution in [0.15, 0.2) is 57.7 Å². The first-order valence-corrected chi connectivity index (χ1v) is 14.3. The lowest BCUT2D eigenvalue weighted by atomic mass is 10.1. The molecule has 0 bridgehead atoms. The molecule has 41 heavy (non-hydrogen) atoms. The number of rotatable bonds is 9. The number of nitrogens with one attached hydrogen (secondary N) is 1. The average molecular weight is 561 g/mol. The molecular weight excluding hydrogens is 524 g/mol. The number of benzene rings is 2. The molecule has 0 radical (unpaired) electrons. The van der Waals surface area contributed by atoms with Crippen molar-refractivity contribution in [2.75, 3.05) is 50.8 Å². The van der Waals surface area contributed by atoms with E-state index in [0.29, 0.717) is 56.9 Å². The van der Waals surface area contributed by atoms with Crippen LogP contribution in [0.2, 0.25) is 0 Å². The van der Waals surface area contributed by atoms with Gasteiger partial charge in [0.1, 0.15) is 11.3 Å². The second-order valence-corrected chi connectivity index (χ2v) is 10.4. The molecule has 5 rings (SSSR count). The number of piperazine rings is 1. The molecule has 0 spiro atoms. The van der Waals surface area contributed by atoms with Crippen LogP contribution in [0.5, 0.6) is 5.75 Å². The number of ether oxygens (including phenoxy) is 1. The summed E-state index contributed by atoms with van der Waals surface area (Å²) in [6.07, 6.45) is 3.45. The average Bonchev–Trinajstić information content (AvgIpc) is 3.00. The van der Waals surface area contributed by atoms with E-state index in [-0.39, 0.29) is 35.1 Å². The van der Waals surface area contributed by atoms with Gasteiger partial charge in [0, 0.05) is 57.4 Å². The van der Waals surface area contributed by atoms with Gasteiger partial charge in [-0.25, -0.2) is 0 Å². The molecule has 0 atom stereocenters. The topological polar surface area (TPSA) is 112 Å². The second kappa shape index (κ2) is 12.9. The first-order chi connectivity index (χ1) is 19.9. The van der Waals surface area contributed by atoms with E-state index < -0.39 is 5.91 Å². The zero-order chi connectivity index (χ0) is 28.8. The smallest absolute Gasteiger partial charge is 0.287 e. The predicted octanol–water partition coefficient (Wildman–Crippen LogP) is 3.17. The van der Waals surface area contributed by atoms with Crippen molar-refractivity contribution in [1.29, 1.82) is 0 Å². The van der Waals surface area contributed by atoms with Crippen molar-refractivity contribution in [1.82, 2.24) is 15.1 Å². The summed E-state index contributed by atoms with van der Waals surface area (Å²) in [4.78, 5) is 56.5. The van der Waals surface area contributed by atoms with Crippen molar-refractivity contribution in [2.24, 2.45) is 0 Å². The van der Waals surface area contributed by atoms with Crippen LogP contribution in [0.25, 0.3) is 11.0 Å². The Bertz CT molecular complexity index is 1480. The zero-order valence-corrected chi connectivity index (χ0v) is 23.4. The Morgan fingerprint density at radius 1 is 0.976 bits per heavy atom. The van der Waals surface area contributed by atoms with E-state index in [1.807, 2.05) is 24.0 Å². The molecule has 0 unspecified atom stereocenters. The highest BCUT2D eigenvalue weighted by Gasteiger charge is 2.25. The molecule has 2 saturated heterocycles. The van der Waals surface area contributed by atoms with Crippen LogP contribution in [-0.4, -0.2) is 73.4 Å². The van der Waals surface area contributed by atoms with Gasteiger partial charge in [-0.1, -0.05) is 25.1 Å². The highest BCUT2D eigenvalue weighted by molar-refractivity contribution is 5.95. The minimum absolute atomic E-state index is 0.147. The lowest BCUT2D eigenvalue weighted by Crippen LogP contribution is -2.51. The lowest BCUT2D eigenvalue weighted by molar-refractivity contribution is -0.134. The fourth-order valence-electron chi connectivity index (χ4n) is 5.30. The van der Waals surface area contributed by atoms with Crippen LogP contribution in [0.4, 0.5) is 5.69 Å². The third-order valence-corrected chi connectivity index (χ3v) is 7.54. The summed E-state index contributed by atoms with van der Waals surface area (Å²) in [5.74, 6) is -0.201. The molecule has 3 heterocycles. The molecule has 0 saturated carbocycles. The summed E-state index contributed by atoms with van der Waals surface area (Å²) in [7, 11) is 0. The van der Waals surface area contributed by atoms with Gasteiger partial charge >= 0.3 is 0 Å². The maximum atomic E-state index is 12.9. The molecule has 216 valence electrons. The van der Waals surface area contributed by atoms with E-state index >= 15 is 0 Å². The van der Waals surface area contributed by atoms with Crippen LogP contribution in [-0.2, 0) is 16.1 Å². The summed E-state index contributed by atoms with van der Waals surface area (Å²) in [6.45, 7) is 6.04. The third kappa shape index (κ3) is 6.70. The Hall–Kier alpha value is -4.34. The van der Waals surface area contributed by atoms with Crippen molar-refractivity contribution in [3.63, 3.8) is 0 Å². The number of hydrogen-bond acceptors (Lipinski definition) is 7. The maximum absolute atomic E-state index is 12.9. The number of carbonyl (C=O) groups excluding carboxylic acids is 3. The highest BCUT2D eigenvalue weighted by atomic mass is 16.5. The molecule has 2 aliphatic heterocycles. The van der Waals surface area contributed by atoms with Gasteiger partial charge in [0.25, 0.3) is 5.91 Å². The first kappa shape index (κ1) is 28.2. The van der Waals surface area contributed by atoms with E-state index in [0.717, 1.165) is 43.1 Å². The number of carbonyl (C=O) groups is 3. The Kier molecular flexibility index (Phi) is 8.86. The van der Waals surface area contributed by atoms with E-state index in [1.54, 1.807) is 23.1 Å². The van der Waals surface area contributed by atoms with E-state index in [2.05, 4.69) is 22.3 Å². The fourth-order valence-corrected chi connectivity index (χ4v) is 5.30. The molecule has 3 amide bonds. The van der Waals surface area contributed by atoms with Gasteiger partial charge in [-0.05, 0) is 49.1 Å². The van der Waals surface area contributed by atoms with Crippen LogP contribution in [0, 0.1) is 0 Å². The fraction of sp³-hybridized carbons (Fsp3) is 0.419. The van der Waals surface area contributed by atoms with Gasteiger partial charge in [0.05, 0.1) is 18.5 Å². The van der Waals surface area contributed by atoms with E-state index in [1.165, 1.54) is 0 Å². The van der Waals surface area contributed by atoms with Gasteiger partial charge in [0.15, 0.2) is 11.2 Å². The molecule has 2 aliphatic rings. The maximum Gasteiger partial charge on any atom is 0.287 e. The standard InChI is InChI=1S/C31H36N4O6/c1-2-17-40-23-10-11-27-24(18-23)26(36)19-28(41-27)31(39)32-20-30(38)34-15-13-33(14-16-34)25-8-4-3-7-22(25)21-35-12-6-5-9-29(35)37/h3-4,7-8,10-11,18-19H,2,5-6,9,12-17,20-21H2,1H3,(H,32,39). The minimum atomic E-state index is -0.622. The Balaban J connectivity index is 1.15. The molecule has 0 aliphatic carbocycles. The van der Waals surface area contributed by atoms with Crippen molar-refractivity contribution in [3.05, 3.63) is 70.1 Å². The summed E-state index contributed by atoms with van der Waals surface area (Å²) in [5, 5.41) is 2.92. The predicted molar refractivity (Wildman–Crippen MR) is 155 cm³/mol. The minimum Gasteiger partial charge on any atom is -0.494 e. The largest absolute Gasteiger partial charge is 0.494 e. The molecule has 1 N–H and O–H groups in total. The lowest BCUT2D eigenvalue weighted by Gasteiger charge is -2.37. The summed E-state index contributed by atoms with van der Waals surface area (Å²) < 4.78 is 11.2. The molecule has 10 heteroatoms. The second-order valence-electron chi connectivity index (χ2n) is 10.4. The number of para-hydroxylation sites is 1. The number of piperidine rings is 1. The molecule has 2 fully saturated rings. The molecule has 10 nitrogen and oxygen atoms in total. The third-order valence-electron chi connectivity index (χ3n) is 7.54. The summed E-state index contributed by atoms with van der Waals surface area (Å²) >= 11 is 0. The van der Waals surface area contributed by atoms with Gasteiger partial charge < -0.3 is 29.2 Å². The van der Waals surface area contributed by atoms with Crippen LogP contribution in [0.1, 0.15) is 48.7 Å². The number of amides is 3. The number of likely N-dealkylation sites (tertiary alicyclic amines) is 1. The molecule has 3 aromatic rings. The van der Waals surface area contributed by atoms with Gasteiger partial charge in [0.2, 0.25) is 11.8 Å². The Morgan fingerprint density at radius 2 is 1.78 bits per heavy atom. The number of anilines is 1. The number of fused-ring (bicyclic) bond motifs is 1. The molecular formula is C31H36N4O6. The van der Waals surface area contributed by atoms with Gasteiger partial charge in [-0.15, -0.1) is 0 Å². The SMILES string of the molecule is CCCOc1ccc2oc(C(=O)NCC(=O)N3CCN(c4ccccc4CN4CCCCC4=O)CC3)cc(=O)c2c1. The van der Waals surface area contributed by atoms with Crippen molar-refractivity contribution < 1.29 is 23.5 Å². The van der Waals surface area contributed by atoms with Crippen LogP contribution >= 0.6 is 0 Å². The number of nitrogens with zero attached hydrogens (tertiary/aromatic N) is 3. The van der Waals surface area contributed by atoms with Crippen LogP contribution < -0.4 is 20.4 Å². The Morgan fingerprint density at radius 3 is 2.56 bits per heavy atom. The molecule has 2 aromatic carbocycles. The van der Waals surface area contributed by atoms with Crippen molar-refractivity contribution in [3.8, 4) is 5.75 Å². The van der Waals surface area contributed by atoms with Crippen molar-refractivity contribution in [2.45, 2.75) is 39.2 Å². The normalized spacial score (nSPS) is 15.7. The van der Waals surface area contributed by atoms with Gasteiger partial charge in [-0.3, -0.25) is 19.2 Å². The quantitative estimate of drug-likeness (QED) is 0.428. The van der Waals surface area contributed by atoms with Crippen molar-refractivity contribution >= 4 is 34.4 Å². The van der Waals surface area contributed by atoms with E-state index in [4.69, 9.17) is 9.15 Å². The Labute approximate surface area is 238 Å². The van der Waals surface area contributed by atoms with Crippen LogP contribution in [0.3, 0.4) is 0 Å². The number of hydrogen-bond donors (Lipinski definition) is 1. The summed E-state index contributed by atoms with van der Waals surface area (Å²) in [6, 6.07) is 14.2. The zero-order valence-electron chi connectivity index (χ0n) is 23.4. The molecule has 1 aromatic heterocycles. The monoisotopic (exact) mass is 560 g/mol. The highest BCUT2D eigenvalue weighted by Crippen LogP contribution is 2.25. The summed E-state index contributed by atoms with van der Waals surface area (Å²) in [5.41, 5.74) is 2.11. The van der Waals surface area contributed by atoms with Gasteiger partial charge in [-0.2, -0.15) is 0 Å².